The highest BCUT2D eigenvalue weighted by Gasteiger charge is 2.36. The molecule has 0 amide bonds. The van der Waals surface area contributed by atoms with Crippen LogP contribution in [0, 0.1) is 0 Å². The molecule has 0 aliphatic carbocycles. The minimum Gasteiger partial charge on any atom is -0.495 e. The molecular formula is C21H25F3N6O4S. The number of aromatic nitrogens is 3. The van der Waals surface area contributed by atoms with Crippen LogP contribution in [0.15, 0.2) is 29.3 Å². The van der Waals surface area contributed by atoms with Crippen LogP contribution in [0.1, 0.15) is 19.4 Å². The highest BCUT2D eigenvalue weighted by molar-refractivity contribution is 7.89. The number of ether oxygens (including phenoxy) is 2. The minimum atomic E-state index is -4.59. The summed E-state index contributed by atoms with van der Waals surface area (Å²) in [7, 11) is -2.37. The number of fused-ring (bicyclic) bond motifs is 1. The molecule has 0 spiro atoms. The fraction of sp³-hybridized carbons (Fsp3) is 0.429. The van der Waals surface area contributed by atoms with Crippen LogP contribution in [0.2, 0.25) is 0 Å². The average molecular weight is 515 g/mol. The summed E-state index contributed by atoms with van der Waals surface area (Å²) >= 11 is 0. The van der Waals surface area contributed by atoms with Crippen LogP contribution < -0.4 is 15.4 Å². The van der Waals surface area contributed by atoms with Crippen molar-refractivity contribution in [3.05, 3.63) is 30.0 Å². The number of aromatic amines is 1. The number of morpholine rings is 1. The van der Waals surface area contributed by atoms with Gasteiger partial charge < -0.3 is 25.1 Å². The van der Waals surface area contributed by atoms with Crippen LogP contribution in [0.25, 0.3) is 11.0 Å². The molecular weight excluding hydrogens is 489 g/mol. The number of H-pyrrole nitrogens is 1. The molecule has 1 aliphatic rings. The molecule has 2 aromatic heterocycles. The van der Waals surface area contributed by atoms with Crippen molar-refractivity contribution < 1.29 is 31.1 Å². The van der Waals surface area contributed by atoms with Crippen molar-refractivity contribution in [2.45, 2.75) is 31.0 Å². The van der Waals surface area contributed by atoms with Crippen molar-refractivity contribution in [3.63, 3.8) is 0 Å². The normalized spacial score (nSPS) is 15.5. The lowest BCUT2D eigenvalue weighted by molar-refractivity contribution is -0.136. The van der Waals surface area contributed by atoms with Gasteiger partial charge in [-0.25, -0.2) is 8.42 Å². The van der Waals surface area contributed by atoms with Crippen LogP contribution in [0.3, 0.4) is 0 Å². The first kappa shape index (κ1) is 25.0. The molecule has 0 unspecified atom stereocenters. The maximum Gasteiger partial charge on any atom is 0.418 e. The van der Waals surface area contributed by atoms with Crippen LogP contribution in [0.4, 0.5) is 30.6 Å². The molecule has 0 bridgehead atoms. The average Bonchev–Trinajstić information content (AvgIpc) is 3.24. The Bertz CT molecular complexity index is 1320. The summed E-state index contributed by atoms with van der Waals surface area (Å²) in [5.74, 6) is 0.203. The van der Waals surface area contributed by atoms with Gasteiger partial charge in [0.1, 0.15) is 17.2 Å². The molecule has 0 radical (unpaired) electrons. The van der Waals surface area contributed by atoms with Crippen molar-refractivity contribution in [1.82, 2.24) is 19.3 Å². The quantitative estimate of drug-likeness (QED) is 0.438. The Kier molecular flexibility index (Phi) is 6.79. The summed E-state index contributed by atoms with van der Waals surface area (Å²) in [4.78, 5) is 11.0. The number of anilines is 3. The van der Waals surface area contributed by atoms with E-state index in [9.17, 15) is 21.6 Å². The van der Waals surface area contributed by atoms with E-state index in [0.29, 0.717) is 18.9 Å². The van der Waals surface area contributed by atoms with Gasteiger partial charge in [0.25, 0.3) is 0 Å². The van der Waals surface area contributed by atoms with E-state index in [4.69, 9.17) is 9.47 Å². The predicted molar refractivity (Wildman–Crippen MR) is 124 cm³/mol. The van der Waals surface area contributed by atoms with E-state index in [2.05, 4.69) is 25.6 Å². The molecule has 3 heterocycles. The van der Waals surface area contributed by atoms with Gasteiger partial charge in [-0.1, -0.05) is 0 Å². The molecule has 0 atom stereocenters. The second kappa shape index (κ2) is 9.51. The van der Waals surface area contributed by atoms with Gasteiger partial charge in [0.2, 0.25) is 16.0 Å². The number of hydrogen-bond donors (Lipinski definition) is 3. The number of sulfonamides is 1. The Hall–Kier alpha value is -3.10. The molecule has 3 N–H and O–H groups in total. The number of rotatable bonds is 7. The maximum atomic E-state index is 13.5. The molecule has 14 heteroatoms. The zero-order chi connectivity index (χ0) is 25.4. The number of halogens is 3. The molecule has 4 rings (SSSR count). The lowest BCUT2D eigenvalue weighted by Gasteiger charge is -2.26. The van der Waals surface area contributed by atoms with Gasteiger partial charge in [0.15, 0.2) is 0 Å². The number of nitrogens with zero attached hydrogens (tertiary/aromatic N) is 3. The minimum absolute atomic E-state index is 0.00156. The molecule has 1 saturated heterocycles. The number of benzene rings is 1. The van der Waals surface area contributed by atoms with Gasteiger partial charge in [-0.2, -0.15) is 27.4 Å². The van der Waals surface area contributed by atoms with Gasteiger partial charge in [-0.05, 0) is 26.0 Å². The Balaban J connectivity index is 1.70. The third-order valence-corrected chi connectivity index (χ3v) is 7.18. The van der Waals surface area contributed by atoms with E-state index in [1.165, 1.54) is 29.6 Å². The monoisotopic (exact) mass is 514 g/mol. The van der Waals surface area contributed by atoms with E-state index in [1.807, 2.05) is 0 Å². The van der Waals surface area contributed by atoms with Crippen molar-refractivity contribution in [1.29, 1.82) is 0 Å². The van der Waals surface area contributed by atoms with E-state index < -0.39 is 21.8 Å². The van der Waals surface area contributed by atoms with E-state index in [0.717, 1.165) is 6.20 Å². The second-order valence-electron chi connectivity index (χ2n) is 8.12. The second-order valence-corrected chi connectivity index (χ2v) is 10.1. The van der Waals surface area contributed by atoms with Crippen molar-refractivity contribution >= 4 is 38.5 Å². The van der Waals surface area contributed by atoms with Crippen LogP contribution in [-0.2, 0) is 20.9 Å². The van der Waals surface area contributed by atoms with Crippen LogP contribution >= 0.6 is 0 Å². The summed E-state index contributed by atoms with van der Waals surface area (Å²) in [5.41, 5.74) is -0.549. The van der Waals surface area contributed by atoms with Crippen molar-refractivity contribution in [3.8, 4) is 5.75 Å². The van der Waals surface area contributed by atoms with Crippen molar-refractivity contribution in [2.24, 2.45) is 0 Å². The Morgan fingerprint density at radius 2 is 1.91 bits per heavy atom. The zero-order valence-corrected chi connectivity index (χ0v) is 20.0. The van der Waals surface area contributed by atoms with Gasteiger partial charge in [-0.3, -0.25) is 0 Å². The fourth-order valence-corrected chi connectivity index (χ4v) is 5.11. The van der Waals surface area contributed by atoms with Gasteiger partial charge in [-0.15, -0.1) is 0 Å². The van der Waals surface area contributed by atoms with E-state index in [-0.39, 0.29) is 52.6 Å². The number of hydrogen-bond acceptors (Lipinski definition) is 8. The fourth-order valence-electron chi connectivity index (χ4n) is 3.68. The topological polar surface area (TPSA) is 121 Å². The molecule has 3 aromatic rings. The maximum absolute atomic E-state index is 13.5. The predicted octanol–water partition coefficient (Wildman–Crippen LogP) is 3.57. The third-order valence-electron chi connectivity index (χ3n) is 5.29. The summed E-state index contributed by atoms with van der Waals surface area (Å²) in [6, 6.07) is 4.08. The first-order chi connectivity index (χ1) is 16.5. The third kappa shape index (κ3) is 5.13. The zero-order valence-electron chi connectivity index (χ0n) is 19.2. The highest BCUT2D eigenvalue weighted by atomic mass is 32.2. The number of nitrogens with one attached hydrogen (secondary N) is 3. The summed E-state index contributed by atoms with van der Waals surface area (Å²) < 4.78 is 78.3. The number of alkyl halides is 3. The Labute approximate surface area is 199 Å². The van der Waals surface area contributed by atoms with Crippen LogP contribution in [0.5, 0.6) is 5.75 Å². The molecule has 1 aliphatic heterocycles. The smallest absolute Gasteiger partial charge is 0.418 e. The highest BCUT2D eigenvalue weighted by Crippen LogP contribution is 2.38. The van der Waals surface area contributed by atoms with Crippen LogP contribution in [-0.4, -0.2) is 67.1 Å². The Morgan fingerprint density at radius 1 is 1.20 bits per heavy atom. The number of methoxy groups -OCH3 is 1. The molecule has 0 saturated carbocycles. The molecule has 1 aromatic carbocycles. The van der Waals surface area contributed by atoms with E-state index >= 15 is 0 Å². The summed E-state index contributed by atoms with van der Waals surface area (Å²) in [6.45, 7) is 4.68. The first-order valence-corrected chi connectivity index (χ1v) is 12.2. The standard InChI is InChI=1S/C21H25F3N6O4S/c1-12(2)26-19-17-14(21(22,23)24)11-25-18(17)28-20(29-19)27-15-5-4-13(10-16(15)33-3)35(31,32)30-6-8-34-9-7-30/h4-5,10-12H,6-9H2,1-3H3,(H3,25,26,27,28,29). The van der Waals surface area contributed by atoms with Crippen molar-refractivity contribution in [2.75, 3.05) is 44.0 Å². The molecule has 35 heavy (non-hydrogen) atoms. The molecule has 1 fully saturated rings. The van der Waals surface area contributed by atoms with Gasteiger partial charge >= 0.3 is 6.18 Å². The van der Waals surface area contributed by atoms with Gasteiger partial charge in [0.05, 0.1) is 41.9 Å². The summed E-state index contributed by atoms with van der Waals surface area (Å²) in [5, 5.41) is 5.68. The largest absolute Gasteiger partial charge is 0.495 e. The lowest BCUT2D eigenvalue weighted by Crippen LogP contribution is -2.40. The lowest BCUT2D eigenvalue weighted by atomic mass is 10.2. The Morgan fingerprint density at radius 3 is 2.54 bits per heavy atom. The van der Waals surface area contributed by atoms with Gasteiger partial charge in [0, 0.05) is 31.4 Å². The SMILES string of the molecule is COc1cc(S(=O)(=O)N2CCOCC2)ccc1Nc1nc(NC(C)C)c2c(C(F)(F)F)c[nH]c2n1. The molecule has 10 nitrogen and oxygen atoms in total. The summed E-state index contributed by atoms with van der Waals surface area (Å²) in [6.07, 6.45) is -3.74. The molecule has 190 valence electrons. The van der Waals surface area contributed by atoms with E-state index in [1.54, 1.807) is 13.8 Å². The first-order valence-electron chi connectivity index (χ1n) is 10.8.